The minimum atomic E-state index is -1.03. The van der Waals surface area contributed by atoms with Crippen molar-refractivity contribution in [2.45, 2.75) is 72.5 Å². The molecule has 0 spiro atoms. The Hall–Kier alpha value is -4.25. The summed E-state index contributed by atoms with van der Waals surface area (Å²) < 4.78 is 26.0. The van der Waals surface area contributed by atoms with E-state index in [1.54, 1.807) is 57.7 Å². The van der Waals surface area contributed by atoms with E-state index in [4.69, 9.17) is 21.1 Å². The second kappa shape index (κ2) is 13.2. The van der Waals surface area contributed by atoms with Crippen molar-refractivity contribution in [2.24, 2.45) is 5.41 Å². The molecule has 1 aromatic heterocycles. The highest BCUT2D eigenvalue weighted by molar-refractivity contribution is 6.30. The van der Waals surface area contributed by atoms with Crippen molar-refractivity contribution in [3.63, 3.8) is 0 Å². The van der Waals surface area contributed by atoms with E-state index in [2.05, 4.69) is 15.5 Å². The lowest BCUT2D eigenvalue weighted by Gasteiger charge is -2.39. The maximum Gasteiger partial charge on any atom is 0.313 e. The summed E-state index contributed by atoms with van der Waals surface area (Å²) in [6.07, 6.45) is 1.10. The van der Waals surface area contributed by atoms with Gasteiger partial charge in [-0.25, -0.2) is 9.49 Å². The van der Waals surface area contributed by atoms with Crippen LogP contribution in [-0.2, 0) is 14.3 Å². The standard InChI is InChI=1S/C32H36ClFN4O6/c1-7-43-31(42)32(5,6)26-12-11-24(20-9-8-10-22(33)15-20)38(26)30(41)19(4)35-28(39)21-13-17(2)27(23(34)16-21)44-25-14-18(3)36-37-29(25)40/h8-10,13-16,19,24,26H,7,11-12H2,1-6H3,(H,35,39)(H,37,40)/t19-,24+,26-/m1/s1. The van der Waals surface area contributed by atoms with Gasteiger partial charge in [0.25, 0.3) is 5.91 Å². The molecule has 3 atom stereocenters. The number of carbonyl (C=O) groups excluding carboxylic acids is 3. The number of benzene rings is 2. The van der Waals surface area contributed by atoms with Crippen LogP contribution in [0.15, 0.2) is 47.3 Å². The molecule has 0 aliphatic carbocycles. The number of amides is 2. The van der Waals surface area contributed by atoms with Crippen molar-refractivity contribution in [2.75, 3.05) is 6.61 Å². The first-order chi connectivity index (χ1) is 20.7. The van der Waals surface area contributed by atoms with Crippen LogP contribution >= 0.6 is 11.6 Å². The van der Waals surface area contributed by atoms with Crippen molar-refractivity contribution in [1.29, 1.82) is 0 Å². The summed E-state index contributed by atoms with van der Waals surface area (Å²) in [4.78, 5) is 54.0. The molecule has 10 nitrogen and oxygen atoms in total. The van der Waals surface area contributed by atoms with Crippen LogP contribution in [0.3, 0.4) is 0 Å². The number of hydrogen-bond acceptors (Lipinski definition) is 7. The van der Waals surface area contributed by atoms with Gasteiger partial charge in [-0.3, -0.25) is 19.2 Å². The predicted octanol–water partition coefficient (Wildman–Crippen LogP) is 5.41. The van der Waals surface area contributed by atoms with E-state index in [9.17, 15) is 19.2 Å². The minimum absolute atomic E-state index is 0.0389. The molecule has 1 fully saturated rings. The molecule has 44 heavy (non-hydrogen) atoms. The number of nitrogens with zero attached hydrogens (tertiary/aromatic N) is 2. The summed E-state index contributed by atoms with van der Waals surface area (Å²) in [6.45, 7) is 10.1. The minimum Gasteiger partial charge on any atom is -0.466 e. The van der Waals surface area contributed by atoms with Gasteiger partial charge < -0.3 is 19.7 Å². The molecule has 3 aromatic rings. The maximum atomic E-state index is 15.2. The molecule has 2 amide bonds. The number of aryl methyl sites for hydroxylation is 2. The average molecular weight is 627 g/mol. The second-order valence-corrected chi connectivity index (χ2v) is 11.9. The molecule has 2 N–H and O–H groups in total. The van der Waals surface area contributed by atoms with Gasteiger partial charge in [0, 0.05) is 22.7 Å². The van der Waals surface area contributed by atoms with Crippen LogP contribution in [0.25, 0.3) is 0 Å². The Kier molecular flexibility index (Phi) is 9.78. The number of rotatable bonds is 9. The molecular weight excluding hydrogens is 591 g/mol. The van der Waals surface area contributed by atoms with Crippen molar-refractivity contribution >= 4 is 29.4 Å². The number of likely N-dealkylation sites (tertiary alicyclic amines) is 1. The van der Waals surface area contributed by atoms with Crippen LogP contribution in [0, 0.1) is 25.1 Å². The van der Waals surface area contributed by atoms with E-state index in [-0.39, 0.29) is 29.2 Å². The highest BCUT2D eigenvalue weighted by Crippen LogP contribution is 2.44. The van der Waals surface area contributed by atoms with Crippen molar-refractivity contribution in [3.05, 3.63) is 86.0 Å². The Bertz CT molecular complexity index is 1620. The quantitative estimate of drug-likeness (QED) is 0.304. The van der Waals surface area contributed by atoms with Gasteiger partial charge >= 0.3 is 11.5 Å². The number of H-pyrrole nitrogens is 1. The topological polar surface area (TPSA) is 131 Å². The van der Waals surface area contributed by atoms with Crippen LogP contribution in [0.5, 0.6) is 11.5 Å². The summed E-state index contributed by atoms with van der Waals surface area (Å²) in [5.74, 6) is -2.74. The first kappa shape index (κ1) is 32.7. The lowest BCUT2D eigenvalue weighted by molar-refractivity contribution is -0.159. The third-order valence-electron chi connectivity index (χ3n) is 7.83. The summed E-state index contributed by atoms with van der Waals surface area (Å²) in [5, 5.41) is 9.23. The molecule has 4 rings (SSSR count). The number of nitrogens with one attached hydrogen (secondary N) is 2. The van der Waals surface area contributed by atoms with Crippen molar-refractivity contribution < 1.29 is 28.2 Å². The number of halogens is 2. The smallest absolute Gasteiger partial charge is 0.313 e. The number of ether oxygens (including phenoxy) is 2. The van der Waals surface area contributed by atoms with E-state index >= 15 is 4.39 Å². The zero-order valence-electron chi connectivity index (χ0n) is 25.5. The van der Waals surface area contributed by atoms with Gasteiger partial charge in [-0.05, 0) is 89.8 Å². The summed E-state index contributed by atoms with van der Waals surface area (Å²) >= 11 is 6.27. The van der Waals surface area contributed by atoms with Crippen LogP contribution in [0.2, 0.25) is 5.02 Å². The molecule has 0 bridgehead atoms. The van der Waals surface area contributed by atoms with Gasteiger partial charge in [0.15, 0.2) is 17.3 Å². The maximum absolute atomic E-state index is 15.2. The fourth-order valence-electron chi connectivity index (χ4n) is 5.55. The Balaban J connectivity index is 1.59. The normalized spacial score (nSPS) is 17.2. The van der Waals surface area contributed by atoms with E-state index < -0.39 is 52.7 Å². The molecule has 1 aliphatic heterocycles. The Labute approximate surface area is 259 Å². The molecule has 2 heterocycles. The zero-order valence-corrected chi connectivity index (χ0v) is 26.3. The fourth-order valence-corrected chi connectivity index (χ4v) is 5.74. The summed E-state index contributed by atoms with van der Waals surface area (Å²) in [5.41, 5.74) is -0.166. The van der Waals surface area contributed by atoms with E-state index in [0.29, 0.717) is 23.6 Å². The number of aromatic nitrogens is 2. The third kappa shape index (κ3) is 6.77. The molecule has 2 aromatic carbocycles. The lowest BCUT2D eigenvalue weighted by atomic mass is 9.82. The highest BCUT2D eigenvalue weighted by atomic mass is 35.5. The Morgan fingerprint density at radius 1 is 1.18 bits per heavy atom. The van der Waals surface area contributed by atoms with Crippen LogP contribution in [0.1, 0.15) is 73.8 Å². The number of carbonyl (C=O) groups is 3. The first-order valence-corrected chi connectivity index (χ1v) is 14.7. The fraction of sp³-hybridized carbons (Fsp3) is 0.406. The summed E-state index contributed by atoms with van der Waals surface area (Å²) in [6, 6.07) is 9.01. The molecule has 0 radical (unpaired) electrons. The van der Waals surface area contributed by atoms with E-state index in [1.807, 2.05) is 6.07 Å². The third-order valence-corrected chi connectivity index (χ3v) is 8.06. The van der Waals surface area contributed by atoms with Gasteiger partial charge in [-0.1, -0.05) is 23.7 Å². The van der Waals surface area contributed by atoms with E-state index in [1.165, 1.54) is 19.1 Å². The molecule has 234 valence electrons. The largest absolute Gasteiger partial charge is 0.466 e. The molecule has 1 saturated heterocycles. The highest BCUT2D eigenvalue weighted by Gasteiger charge is 2.50. The Morgan fingerprint density at radius 2 is 1.91 bits per heavy atom. The molecular formula is C32H36ClFN4O6. The number of esters is 1. The van der Waals surface area contributed by atoms with Gasteiger partial charge in [-0.15, -0.1) is 0 Å². The first-order valence-electron chi connectivity index (χ1n) is 14.3. The molecule has 12 heteroatoms. The van der Waals surface area contributed by atoms with Crippen molar-refractivity contribution in [1.82, 2.24) is 20.4 Å². The monoisotopic (exact) mass is 626 g/mol. The number of aromatic amines is 1. The van der Waals surface area contributed by atoms with Crippen LogP contribution < -0.4 is 15.6 Å². The predicted molar refractivity (Wildman–Crippen MR) is 162 cm³/mol. The summed E-state index contributed by atoms with van der Waals surface area (Å²) in [7, 11) is 0. The Morgan fingerprint density at radius 3 is 2.57 bits per heavy atom. The van der Waals surface area contributed by atoms with Gasteiger partial charge in [0.1, 0.15) is 6.04 Å². The molecule has 0 unspecified atom stereocenters. The molecule has 1 aliphatic rings. The number of hydrogen-bond donors (Lipinski definition) is 2. The average Bonchev–Trinajstić information content (AvgIpc) is 3.42. The van der Waals surface area contributed by atoms with Crippen LogP contribution in [-0.4, -0.2) is 51.6 Å². The molecule has 0 saturated carbocycles. The van der Waals surface area contributed by atoms with Gasteiger partial charge in [0.2, 0.25) is 5.91 Å². The van der Waals surface area contributed by atoms with E-state index in [0.717, 1.165) is 11.6 Å². The zero-order chi connectivity index (χ0) is 32.3. The van der Waals surface area contributed by atoms with Gasteiger partial charge in [0.05, 0.1) is 23.8 Å². The van der Waals surface area contributed by atoms with Gasteiger partial charge in [-0.2, -0.15) is 5.10 Å². The SMILES string of the molecule is CCOC(=O)C(C)(C)[C@H]1CC[C@@H](c2cccc(Cl)c2)N1C(=O)[C@@H](C)NC(=O)c1cc(C)c(Oc2cc(C)n[nH]c2=O)c(F)c1. The lowest BCUT2D eigenvalue weighted by Crippen LogP contribution is -2.54. The van der Waals surface area contributed by atoms with Crippen molar-refractivity contribution in [3.8, 4) is 11.5 Å². The van der Waals surface area contributed by atoms with Crippen LogP contribution in [0.4, 0.5) is 4.39 Å². The second-order valence-electron chi connectivity index (χ2n) is 11.5.